The van der Waals surface area contributed by atoms with Crippen molar-refractivity contribution >= 4 is 24.0 Å². The lowest BCUT2D eigenvalue weighted by atomic mass is 9.80. The van der Waals surface area contributed by atoms with E-state index >= 15 is 0 Å². The van der Waals surface area contributed by atoms with E-state index in [1.807, 2.05) is 0 Å². The van der Waals surface area contributed by atoms with Crippen molar-refractivity contribution in [3.05, 3.63) is 71.8 Å². The van der Waals surface area contributed by atoms with Crippen molar-refractivity contribution in [3.8, 4) is 17.2 Å². The number of methoxy groups -OCH3 is 1. The van der Waals surface area contributed by atoms with E-state index < -0.39 is 5.97 Å². The molecule has 0 bridgehead atoms. The number of carbonyl (C=O) groups excluding carboxylic acids is 3. The normalized spacial score (nSPS) is 16.2. The largest absolute Gasteiger partial charge is 0.494 e. The lowest BCUT2D eigenvalue weighted by molar-refractivity contribution is -0.140. The van der Waals surface area contributed by atoms with Gasteiger partial charge in [-0.1, -0.05) is 45.3 Å². The molecule has 0 aromatic heterocycles. The Bertz CT molecular complexity index is 1270. The summed E-state index contributed by atoms with van der Waals surface area (Å²) in [4.78, 5) is 36.4. The molecule has 3 rings (SSSR count). The molecule has 0 aliphatic heterocycles. The van der Waals surface area contributed by atoms with E-state index in [0.717, 1.165) is 50.0 Å². The Hall–Kier alpha value is -4.07. The standard InChI is InChI=1S/C37H48O8/c1-5-10-28-11-13-30(14-12-28)26-44-35(38)22-16-29-15-21-33(34(25-29)41-4)45-37(40)31-17-19-32(20-18-31)42-23-8-6-7-9-24-43-36(39)27(2)3/h15-22,25,28,30H,2,5-14,23-24,26H2,1,3-4H3/b22-16+. The van der Waals surface area contributed by atoms with Gasteiger partial charge in [0.25, 0.3) is 0 Å². The van der Waals surface area contributed by atoms with Crippen molar-refractivity contribution in [1.29, 1.82) is 0 Å². The third-order valence-electron chi connectivity index (χ3n) is 7.91. The van der Waals surface area contributed by atoms with Crippen molar-refractivity contribution in [2.45, 2.75) is 78.1 Å². The van der Waals surface area contributed by atoms with E-state index in [4.69, 9.17) is 23.7 Å². The van der Waals surface area contributed by atoms with E-state index in [1.165, 1.54) is 38.9 Å². The smallest absolute Gasteiger partial charge is 0.343 e. The third-order valence-corrected chi connectivity index (χ3v) is 7.91. The molecule has 0 radical (unpaired) electrons. The SMILES string of the molecule is C=C(C)C(=O)OCCCCCCOc1ccc(C(=O)Oc2ccc(/C=C/C(=O)OCC3CCC(CCC)CC3)cc2OC)cc1. The Morgan fingerprint density at radius 3 is 2.22 bits per heavy atom. The van der Waals surface area contributed by atoms with Crippen LogP contribution in [0.1, 0.15) is 94.0 Å². The highest BCUT2D eigenvalue weighted by atomic mass is 16.6. The maximum atomic E-state index is 12.8. The summed E-state index contributed by atoms with van der Waals surface area (Å²) in [5.41, 5.74) is 1.50. The molecule has 8 nitrogen and oxygen atoms in total. The minimum atomic E-state index is -0.525. The zero-order chi connectivity index (χ0) is 32.4. The van der Waals surface area contributed by atoms with Crippen molar-refractivity contribution in [1.82, 2.24) is 0 Å². The second kappa shape index (κ2) is 19.3. The van der Waals surface area contributed by atoms with Crippen LogP contribution >= 0.6 is 0 Å². The third kappa shape index (κ3) is 12.8. The highest BCUT2D eigenvalue weighted by molar-refractivity contribution is 5.91. The molecule has 1 saturated carbocycles. The van der Waals surface area contributed by atoms with Crippen molar-refractivity contribution in [2.24, 2.45) is 11.8 Å². The summed E-state index contributed by atoms with van der Waals surface area (Å²) in [7, 11) is 1.49. The molecular formula is C37H48O8. The fraction of sp³-hybridized carbons (Fsp3) is 0.486. The van der Waals surface area contributed by atoms with Gasteiger partial charge in [-0.2, -0.15) is 0 Å². The molecule has 0 N–H and O–H groups in total. The van der Waals surface area contributed by atoms with Crippen LogP contribution in [0.3, 0.4) is 0 Å². The summed E-state index contributed by atoms with van der Waals surface area (Å²) in [5.74, 6) is 1.33. The maximum absolute atomic E-state index is 12.8. The van der Waals surface area contributed by atoms with Gasteiger partial charge in [0.15, 0.2) is 11.5 Å². The van der Waals surface area contributed by atoms with Crippen molar-refractivity contribution < 1.29 is 38.1 Å². The van der Waals surface area contributed by atoms with Gasteiger partial charge in [0.2, 0.25) is 0 Å². The number of hydrogen-bond acceptors (Lipinski definition) is 8. The summed E-state index contributed by atoms with van der Waals surface area (Å²) < 4.78 is 27.4. The monoisotopic (exact) mass is 620 g/mol. The number of unbranched alkanes of at least 4 members (excludes halogenated alkanes) is 3. The van der Waals surface area contributed by atoms with Crippen LogP contribution in [0.15, 0.2) is 60.7 Å². The summed E-state index contributed by atoms with van der Waals surface area (Å²) in [6, 6.07) is 11.9. The van der Waals surface area contributed by atoms with E-state index in [9.17, 15) is 14.4 Å². The van der Waals surface area contributed by atoms with E-state index in [0.29, 0.717) is 48.4 Å². The van der Waals surface area contributed by atoms with Crippen LogP contribution in [0, 0.1) is 11.8 Å². The minimum absolute atomic E-state index is 0.274. The Morgan fingerprint density at radius 2 is 1.56 bits per heavy atom. The first kappa shape index (κ1) is 35.4. The van der Waals surface area contributed by atoms with Gasteiger partial charge >= 0.3 is 17.9 Å². The van der Waals surface area contributed by atoms with Crippen LogP contribution in [0.2, 0.25) is 0 Å². The molecule has 8 heteroatoms. The van der Waals surface area contributed by atoms with Gasteiger partial charge in [0.1, 0.15) is 5.75 Å². The molecule has 1 aliphatic carbocycles. The van der Waals surface area contributed by atoms with Crippen LogP contribution in [-0.2, 0) is 19.1 Å². The Morgan fingerprint density at radius 1 is 0.867 bits per heavy atom. The lowest BCUT2D eigenvalue weighted by Crippen LogP contribution is -2.20. The Balaban J connectivity index is 1.38. The van der Waals surface area contributed by atoms with E-state index in [-0.39, 0.29) is 17.7 Å². The van der Waals surface area contributed by atoms with Crippen LogP contribution in [0.5, 0.6) is 17.2 Å². The first-order valence-corrected chi connectivity index (χ1v) is 16.1. The molecule has 0 spiro atoms. The van der Waals surface area contributed by atoms with Gasteiger partial charge in [-0.05, 0) is 105 Å². The molecule has 2 aromatic rings. The molecule has 0 heterocycles. The predicted octanol–water partition coefficient (Wildman–Crippen LogP) is 8.14. The van der Waals surface area contributed by atoms with Crippen LogP contribution < -0.4 is 14.2 Å². The maximum Gasteiger partial charge on any atom is 0.343 e. The molecule has 1 aliphatic rings. The fourth-order valence-corrected chi connectivity index (χ4v) is 5.26. The molecular weight excluding hydrogens is 572 g/mol. The Labute approximate surface area is 267 Å². The van der Waals surface area contributed by atoms with Gasteiger partial charge in [-0.25, -0.2) is 14.4 Å². The van der Waals surface area contributed by atoms with Crippen molar-refractivity contribution in [2.75, 3.05) is 26.9 Å². The number of esters is 3. The lowest BCUT2D eigenvalue weighted by Gasteiger charge is -2.27. The predicted molar refractivity (Wildman–Crippen MR) is 174 cm³/mol. The van der Waals surface area contributed by atoms with Crippen molar-refractivity contribution in [3.63, 3.8) is 0 Å². The number of benzene rings is 2. The summed E-state index contributed by atoms with van der Waals surface area (Å²) in [6.07, 6.45) is 13.9. The number of ether oxygens (including phenoxy) is 5. The molecule has 1 fully saturated rings. The molecule has 0 unspecified atom stereocenters. The number of hydrogen-bond donors (Lipinski definition) is 0. The Kier molecular flexibility index (Phi) is 15.2. The van der Waals surface area contributed by atoms with Gasteiger partial charge in [0.05, 0.1) is 32.5 Å². The van der Waals surface area contributed by atoms with Gasteiger partial charge in [0, 0.05) is 11.6 Å². The molecule has 45 heavy (non-hydrogen) atoms. The highest BCUT2D eigenvalue weighted by Gasteiger charge is 2.21. The highest BCUT2D eigenvalue weighted by Crippen LogP contribution is 2.32. The molecule has 0 amide bonds. The van der Waals surface area contributed by atoms with E-state index in [2.05, 4.69) is 13.5 Å². The summed E-state index contributed by atoms with van der Waals surface area (Å²) >= 11 is 0. The minimum Gasteiger partial charge on any atom is -0.494 e. The van der Waals surface area contributed by atoms with E-state index in [1.54, 1.807) is 55.5 Å². The zero-order valence-electron chi connectivity index (χ0n) is 27.0. The topological polar surface area (TPSA) is 97.4 Å². The van der Waals surface area contributed by atoms with Crippen LogP contribution in [0.25, 0.3) is 6.08 Å². The quantitative estimate of drug-likeness (QED) is 0.0713. The molecule has 244 valence electrons. The molecule has 2 aromatic carbocycles. The fourth-order valence-electron chi connectivity index (χ4n) is 5.26. The first-order chi connectivity index (χ1) is 21.8. The van der Waals surface area contributed by atoms with Crippen LogP contribution in [-0.4, -0.2) is 44.8 Å². The molecule has 0 saturated heterocycles. The first-order valence-electron chi connectivity index (χ1n) is 16.1. The number of carbonyl (C=O) groups is 3. The number of rotatable bonds is 18. The van der Waals surface area contributed by atoms with Gasteiger partial charge in [-0.3, -0.25) is 0 Å². The zero-order valence-corrected chi connectivity index (χ0v) is 27.0. The van der Waals surface area contributed by atoms with Gasteiger partial charge in [-0.15, -0.1) is 0 Å². The van der Waals surface area contributed by atoms with Gasteiger partial charge < -0.3 is 23.7 Å². The summed E-state index contributed by atoms with van der Waals surface area (Å²) in [5, 5.41) is 0. The summed E-state index contributed by atoms with van der Waals surface area (Å²) in [6.45, 7) is 8.83. The average Bonchev–Trinajstić information content (AvgIpc) is 3.05. The second-order valence-corrected chi connectivity index (χ2v) is 11.6. The average molecular weight is 621 g/mol. The van der Waals surface area contributed by atoms with Crippen LogP contribution in [0.4, 0.5) is 0 Å². The second-order valence-electron chi connectivity index (χ2n) is 11.6. The molecule has 0 atom stereocenters.